The van der Waals surface area contributed by atoms with Crippen molar-refractivity contribution in [3.8, 4) is 67.5 Å². The van der Waals surface area contributed by atoms with E-state index in [-0.39, 0.29) is 0 Å². The van der Waals surface area contributed by atoms with Crippen molar-refractivity contribution in [1.29, 1.82) is 0 Å². The lowest BCUT2D eigenvalue weighted by atomic mass is 9.66. The highest BCUT2D eigenvalue weighted by Crippen LogP contribution is 2.65. The zero-order valence-electron chi connectivity index (χ0n) is 42.2. The standard InChI is InChI=1S/C74H45NO2S/c1-5-24-58-52(19-1)54-42-38-47(44-64(54)73(58)60-26-7-12-31-67(60)76-68-32-13-8-27-61(68)73)50-18-3-11-30-66(50)75(48-39-36-46(37-40-48)51-22-17-23-57-56-21-4-16-35-71(56)78-72(51)57)49-41-43-55-53-20-2-6-25-59(53)74(65(55)45-49)62-28-9-14-33-69(62)77-70-34-15-10-29-63(70)74/h1-45H. The highest BCUT2D eigenvalue weighted by Gasteiger charge is 2.53. The molecule has 78 heavy (non-hydrogen) atoms. The third kappa shape index (κ3) is 5.82. The van der Waals surface area contributed by atoms with Gasteiger partial charge in [-0.05, 0) is 128 Å². The van der Waals surface area contributed by atoms with Gasteiger partial charge in [0.05, 0.1) is 16.5 Å². The molecule has 2 aliphatic heterocycles. The number of benzene rings is 12. The smallest absolute Gasteiger partial charge is 0.132 e. The van der Waals surface area contributed by atoms with Crippen molar-refractivity contribution in [3.05, 3.63) is 317 Å². The number of para-hydroxylation sites is 5. The fourth-order valence-corrected chi connectivity index (χ4v) is 15.3. The third-order valence-electron chi connectivity index (χ3n) is 17.2. The Hall–Kier alpha value is -9.74. The zero-order chi connectivity index (χ0) is 51.1. The van der Waals surface area contributed by atoms with Crippen LogP contribution in [-0.4, -0.2) is 0 Å². The Morgan fingerprint density at radius 1 is 0.282 bits per heavy atom. The predicted molar refractivity (Wildman–Crippen MR) is 320 cm³/mol. The Kier molecular flexibility index (Phi) is 9.14. The SMILES string of the molecule is c1ccc2c(c1)Oc1ccccc1C21c2ccccc2-c2ccc(-c3ccccc3N(c3ccc(-c4cccc5c4sc4ccccc45)cc3)c3ccc4c(c3)C3(c5ccccc5Oc5ccccc53)c3ccccc3-4)cc21. The first kappa shape index (κ1) is 43.5. The third-order valence-corrected chi connectivity index (χ3v) is 18.5. The fraction of sp³-hybridized carbons (Fsp3) is 0.0270. The minimum absolute atomic E-state index is 0.602. The summed E-state index contributed by atoms with van der Waals surface area (Å²) in [6.07, 6.45) is 0. The molecule has 1 aromatic heterocycles. The summed E-state index contributed by atoms with van der Waals surface area (Å²) < 4.78 is 16.1. The lowest BCUT2D eigenvalue weighted by molar-refractivity contribution is 0.436. The zero-order valence-corrected chi connectivity index (χ0v) is 43.0. The molecule has 3 heterocycles. The Morgan fingerprint density at radius 2 is 0.705 bits per heavy atom. The quantitative estimate of drug-likeness (QED) is 0.171. The summed E-state index contributed by atoms with van der Waals surface area (Å²) in [6, 6.07) is 101. The van der Waals surface area contributed by atoms with Gasteiger partial charge in [-0.25, -0.2) is 0 Å². The minimum Gasteiger partial charge on any atom is -0.457 e. The van der Waals surface area contributed by atoms with E-state index in [1.165, 1.54) is 75.8 Å². The Bertz CT molecular complexity index is 4570. The summed E-state index contributed by atoms with van der Waals surface area (Å²) in [5, 5.41) is 2.60. The van der Waals surface area contributed by atoms with Crippen molar-refractivity contribution in [2.24, 2.45) is 0 Å². The van der Waals surface area contributed by atoms with Gasteiger partial charge in [-0.3, -0.25) is 0 Å². The van der Waals surface area contributed by atoms with Crippen molar-refractivity contribution in [2.75, 3.05) is 4.90 Å². The Labute approximate surface area is 456 Å². The molecule has 2 spiro atoms. The lowest BCUT2D eigenvalue weighted by Crippen LogP contribution is -2.32. The van der Waals surface area contributed by atoms with Gasteiger partial charge in [-0.1, -0.05) is 206 Å². The van der Waals surface area contributed by atoms with Gasteiger partial charge in [-0.2, -0.15) is 0 Å². The van der Waals surface area contributed by atoms with Crippen LogP contribution in [0.25, 0.3) is 64.7 Å². The average Bonchev–Trinajstić information content (AvgIpc) is 3.20. The molecule has 0 saturated heterocycles. The molecular formula is C74H45NO2S. The molecule has 12 aromatic carbocycles. The van der Waals surface area contributed by atoms with E-state index in [4.69, 9.17) is 9.47 Å². The van der Waals surface area contributed by atoms with E-state index in [9.17, 15) is 0 Å². The van der Waals surface area contributed by atoms with Crippen LogP contribution >= 0.6 is 11.3 Å². The fourth-order valence-electron chi connectivity index (χ4n) is 14.1. The van der Waals surface area contributed by atoms with Crippen LogP contribution in [0.15, 0.2) is 273 Å². The highest BCUT2D eigenvalue weighted by atomic mass is 32.1. The van der Waals surface area contributed by atoms with Gasteiger partial charge in [-0.15, -0.1) is 11.3 Å². The predicted octanol–water partition coefficient (Wildman–Crippen LogP) is 19.8. The molecule has 13 aromatic rings. The first-order chi connectivity index (χ1) is 38.7. The van der Waals surface area contributed by atoms with Gasteiger partial charge in [0.1, 0.15) is 23.0 Å². The van der Waals surface area contributed by atoms with E-state index in [0.29, 0.717) is 0 Å². The van der Waals surface area contributed by atoms with E-state index in [1.54, 1.807) is 0 Å². The normalized spacial score (nSPS) is 14.1. The molecule has 17 rings (SSSR count). The van der Waals surface area contributed by atoms with Crippen molar-refractivity contribution < 1.29 is 9.47 Å². The topological polar surface area (TPSA) is 21.7 Å². The maximum atomic E-state index is 6.78. The molecule has 4 heteroatoms. The highest BCUT2D eigenvalue weighted by molar-refractivity contribution is 7.26. The van der Waals surface area contributed by atoms with E-state index in [0.717, 1.165) is 73.4 Å². The van der Waals surface area contributed by atoms with Gasteiger partial charge in [0.2, 0.25) is 0 Å². The van der Waals surface area contributed by atoms with Crippen LogP contribution in [0, 0.1) is 0 Å². The molecule has 0 radical (unpaired) electrons. The van der Waals surface area contributed by atoms with E-state index >= 15 is 0 Å². The van der Waals surface area contributed by atoms with Crippen LogP contribution in [-0.2, 0) is 10.8 Å². The van der Waals surface area contributed by atoms with Gasteiger partial charge < -0.3 is 14.4 Å². The summed E-state index contributed by atoms with van der Waals surface area (Å²) in [7, 11) is 0. The van der Waals surface area contributed by atoms with Crippen molar-refractivity contribution in [1.82, 2.24) is 0 Å². The number of fused-ring (bicyclic) bond motifs is 21. The minimum atomic E-state index is -0.634. The first-order valence-electron chi connectivity index (χ1n) is 26.8. The summed E-state index contributed by atoms with van der Waals surface area (Å²) in [6.45, 7) is 0. The molecule has 0 bridgehead atoms. The molecule has 0 fully saturated rings. The Morgan fingerprint density at radius 3 is 1.31 bits per heavy atom. The van der Waals surface area contributed by atoms with Crippen LogP contribution < -0.4 is 14.4 Å². The lowest BCUT2D eigenvalue weighted by Gasteiger charge is -2.40. The molecule has 4 aliphatic rings. The van der Waals surface area contributed by atoms with E-state index < -0.39 is 10.8 Å². The van der Waals surface area contributed by atoms with Crippen LogP contribution in [0.4, 0.5) is 17.1 Å². The van der Waals surface area contributed by atoms with Gasteiger partial charge in [0, 0.05) is 59.4 Å². The van der Waals surface area contributed by atoms with Gasteiger partial charge in [0.25, 0.3) is 0 Å². The summed E-state index contributed by atoms with van der Waals surface area (Å²) in [5.74, 6) is 3.52. The van der Waals surface area contributed by atoms with Crippen molar-refractivity contribution >= 4 is 48.6 Å². The molecule has 3 nitrogen and oxygen atoms in total. The Balaban J connectivity index is 0.901. The molecule has 0 unspecified atom stereocenters. The maximum absolute atomic E-state index is 6.78. The number of hydrogen-bond donors (Lipinski definition) is 0. The molecule has 0 atom stereocenters. The monoisotopic (exact) mass is 1010 g/mol. The second kappa shape index (κ2) is 16.4. The summed E-state index contributed by atoms with van der Waals surface area (Å²) >= 11 is 1.87. The number of thiophene rings is 1. The first-order valence-corrected chi connectivity index (χ1v) is 27.6. The van der Waals surface area contributed by atoms with Crippen LogP contribution in [0.1, 0.15) is 44.5 Å². The molecule has 364 valence electrons. The van der Waals surface area contributed by atoms with Gasteiger partial charge >= 0.3 is 0 Å². The molecule has 0 N–H and O–H groups in total. The summed E-state index contributed by atoms with van der Waals surface area (Å²) in [5.41, 5.74) is 21.2. The summed E-state index contributed by atoms with van der Waals surface area (Å²) in [4.78, 5) is 2.49. The molecule has 0 amide bonds. The molecular weight excluding hydrogens is 967 g/mol. The number of ether oxygens (including phenoxy) is 2. The second-order valence-corrected chi connectivity index (χ2v) is 22.0. The second-order valence-electron chi connectivity index (χ2n) is 21.0. The molecule has 0 saturated carbocycles. The van der Waals surface area contributed by atoms with E-state index in [1.807, 2.05) is 11.3 Å². The van der Waals surface area contributed by atoms with Crippen molar-refractivity contribution in [3.63, 3.8) is 0 Å². The average molecular weight is 1010 g/mol. The van der Waals surface area contributed by atoms with Gasteiger partial charge in [0.15, 0.2) is 0 Å². The van der Waals surface area contributed by atoms with Crippen LogP contribution in [0.5, 0.6) is 23.0 Å². The number of hydrogen-bond acceptors (Lipinski definition) is 4. The number of anilines is 3. The maximum Gasteiger partial charge on any atom is 0.132 e. The largest absolute Gasteiger partial charge is 0.457 e. The number of nitrogens with zero attached hydrogens (tertiary/aromatic N) is 1. The number of rotatable bonds is 5. The van der Waals surface area contributed by atoms with Crippen molar-refractivity contribution in [2.45, 2.75) is 10.8 Å². The van der Waals surface area contributed by atoms with Crippen LogP contribution in [0.2, 0.25) is 0 Å². The van der Waals surface area contributed by atoms with E-state index in [2.05, 4.69) is 278 Å². The van der Waals surface area contributed by atoms with Crippen LogP contribution in [0.3, 0.4) is 0 Å². The molecule has 2 aliphatic carbocycles.